The molecule has 4 heteroatoms. The molecule has 3 atom stereocenters. The first kappa shape index (κ1) is 15.2. The summed E-state index contributed by atoms with van der Waals surface area (Å²) in [6, 6.07) is 3.73. The summed E-state index contributed by atoms with van der Waals surface area (Å²) >= 11 is 0. The number of hydrogen-bond donors (Lipinski definition) is 1. The van der Waals surface area contributed by atoms with E-state index in [4.69, 9.17) is 4.74 Å². The van der Waals surface area contributed by atoms with Crippen molar-refractivity contribution in [3.63, 3.8) is 0 Å². The normalized spacial score (nSPS) is 26.5. The van der Waals surface area contributed by atoms with Crippen molar-refractivity contribution >= 4 is 0 Å². The second-order valence-corrected chi connectivity index (χ2v) is 5.48. The summed E-state index contributed by atoms with van der Waals surface area (Å²) in [5, 5.41) is 3.41. The van der Waals surface area contributed by atoms with Crippen LogP contribution in [0.2, 0.25) is 0 Å². The van der Waals surface area contributed by atoms with Gasteiger partial charge in [0.1, 0.15) is 11.9 Å². The topological polar surface area (TPSA) is 21.3 Å². The minimum atomic E-state index is -0.626. The lowest BCUT2D eigenvalue weighted by Gasteiger charge is -2.36. The third kappa shape index (κ3) is 3.69. The number of nitrogens with one attached hydrogen (secondary N) is 1. The number of halogens is 2. The van der Waals surface area contributed by atoms with E-state index in [0.717, 1.165) is 31.9 Å². The fraction of sp³-hybridized carbons (Fsp3) is 0.625. The Balaban J connectivity index is 2.09. The molecule has 0 aromatic heterocycles. The van der Waals surface area contributed by atoms with Gasteiger partial charge in [0.15, 0.2) is 11.6 Å². The van der Waals surface area contributed by atoms with Gasteiger partial charge in [0.25, 0.3) is 0 Å². The van der Waals surface area contributed by atoms with Crippen LogP contribution in [0.1, 0.15) is 39.5 Å². The highest BCUT2D eigenvalue weighted by Crippen LogP contribution is 2.31. The molecule has 1 aliphatic carbocycles. The Labute approximate surface area is 119 Å². The summed E-state index contributed by atoms with van der Waals surface area (Å²) in [5.74, 6) is -0.429. The molecule has 2 rings (SSSR count). The Hall–Kier alpha value is -1.16. The van der Waals surface area contributed by atoms with Gasteiger partial charge in [-0.3, -0.25) is 0 Å². The van der Waals surface area contributed by atoms with E-state index in [1.165, 1.54) is 18.6 Å². The molecule has 2 nitrogen and oxygen atoms in total. The fourth-order valence-electron chi connectivity index (χ4n) is 2.94. The van der Waals surface area contributed by atoms with Crippen LogP contribution in [0.3, 0.4) is 0 Å². The zero-order valence-corrected chi connectivity index (χ0v) is 12.2. The molecule has 0 amide bonds. The van der Waals surface area contributed by atoms with Gasteiger partial charge >= 0.3 is 0 Å². The summed E-state index contributed by atoms with van der Waals surface area (Å²) in [6.07, 6.45) is 4.21. The fourth-order valence-corrected chi connectivity index (χ4v) is 2.94. The highest BCUT2D eigenvalue weighted by atomic mass is 19.1. The van der Waals surface area contributed by atoms with Crippen LogP contribution in [0, 0.1) is 17.6 Å². The predicted molar refractivity (Wildman–Crippen MR) is 75.9 cm³/mol. The van der Waals surface area contributed by atoms with Crippen LogP contribution >= 0.6 is 0 Å². The first-order valence-electron chi connectivity index (χ1n) is 7.49. The van der Waals surface area contributed by atoms with Gasteiger partial charge in [-0.25, -0.2) is 8.78 Å². The number of hydrogen-bond acceptors (Lipinski definition) is 2. The second-order valence-electron chi connectivity index (χ2n) is 5.48. The molecule has 0 spiro atoms. The van der Waals surface area contributed by atoms with Crippen LogP contribution in [0.25, 0.3) is 0 Å². The van der Waals surface area contributed by atoms with Crippen molar-refractivity contribution in [1.82, 2.24) is 5.32 Å². The Morgan fingerprint density at radius 3 is 2.70 bits per heavy atom. The Kier molecular flexibility index (Phi) is 5.35. The van der Waals surface area contributed by atoms with E-state index in [0.29, 0.717) is 5.92 Å². The average Bonchev–Trinajstić information content (AvgIpc) is 2.44. The van der Waals surface area contributed by atoms with Gasteiger partial charge in [-0.2, -0.15) is 0 Å². The molecule has 0 bridgehead atoms. The number of rotatable bonds is 5. The summed E-state index contributed by atoms with van der Waals surface area (Å²) in [4.78, 5) is 0. The standard InChI is InChI=1S/C16H23F2NO/c1-3-11-5-7-14(19-4-2)16(9-11)20-15-8-6-12(17)10-13(15)18/h6,8,10-11,14,16,19H,3-5,7,9H2,1-2H3. The molecule has 0 aliphatic heterocycles. The van der Waals surface area contributed by atoms with Crippen LogP contribution < -0.4 is 10.1 Å². The van der Waals surface area contributed by atoms with Gasteiger partial charge in [0, 0.05) is 12.1 Å². The van der Waals surface area contributed by atoms with Gasteiger partial charge < -0.3 is 10.1 Å². The molecule has 0 radical (unpaired) electrons. The number of likely N-dealkylation sites (N-methyl/N-ethyl adjacent to an activating group) is 1. The first-order chi connectivity index (χ1) is 9.63. The highest BCUT2D eigenvalue weighted by molar-refractivity contribution is 5.25. The van der Waals surface area contributed by atoms with E-state index in [2.05, 4.69) is 19.2 Å². The summed E-state index contributed by atoms with van der Waals surface area (Å²) in [5.41, 5.74) is 0. The Bertz CT molecular complexity index is 438. The zero-order chi connectivity index (χ0) is 14.5. The molecule has 1 saturated carbocycles. The molecule has 1 fully saturated rings. The van der Waals surface area contributed by atoms with Crippen molar-refractivity contribution < 1.29 is 13.5 Å². The zero-order valence-electron chi connectivity index (χ0n) is 12.2. The monoisotopic (exact) mass is 283 g/mol. The summed E-state index contributed by atoms with van der Waals surface area (Å²) in [7, 11) is 0. The smallest absolute Gasteiger partial charge is 0.167 e. The molecule has 3 unspecified atom stereocenters. The lowest BCUT2D eigenvalue weighted by molar-refractivity contribution is 0.0818. The maximum atomic E-state index is 13.7. The van der Waals surface area contributed by atoms with E-state index in [1.807, 2.05) is 0 Å². The summed E-state index contributed by atoms with van der Waals surface area (Å²) in [6.45, 7) is 5.10. The minimum Gasteiger partial charge on any atom is -0.486 e. The Morgan fingerprint density at radius 2 is 2.05 bits per heavy atom. The molecule has 1 aliphatic rings. The molecule has 0 heterocycles. The van der Waals surface area contributed by atoms with Crippen molar-refractivity contribution in [1.29, 1.82) is 0 Å². The molecule has 112 valence electrons. The largest absolute Gasteiger partial charge is 0.486 e. The Morgan fingerprint density at radius 1 is 1.25 bits per heavy atom. The second kappa shape index (κ2) is 7.02. The van der Waals surface area contributed by atoms with Crippen molar-refractivity contribution in [2.24, 2.45) is 5.92 Å². The van der Waals surface area contributed by atoms with Crippen LogP contribution in [0.15, 0.2) is 18.2 Å². The maximum absolute atomic E-state index is 13.7. The molecule has 0 saturated heterocycles. The lowest BCUT2D eigenvalue weighted by atomic mass is 9.82. The van der Waals surface area contributed by atoms with Gasteiger partial charge in [-0.1, -0.05) is 20.3 Å². The van der Waals surface area contributed by atoms with E-state index in [9.17, 15) is 8.78 Å². The van der Waals surface area contributed by atoms with E-state index in [-0.39, 0.29) is 17.9 Å². The molecule has 20 heavy (non-hydrogen) atoms. The van der Waals surface area contributed by atoms with Crippen molar-refractivity contribution in [2.75, 3.05) is 6.54 Å². The van der Waals surface area contributed by atoms with E-state index in [1.54, 1.807) is 0 Å². The van der Waals surface area contributed by atoms with Crippen LogP contribution in [-0.2, 0) is 0 Å². The molecule has 1 N–H and O–H groups in total. The first-order valence-corrected chi connectivity index (χ1v) is 7.49. The van der Waals surface area contributed by atoms with Crippen molar-refractivity contribution in [2.45, 2.75) is 51.7 Å². The van der Waals surface area contributed by atoms with Gasteiger partial charge in [-0.05, 0) is 43.9 Å². The average molecular weight is 283 g/mol. The molecule has 1 aromatic carbocycles. The highest BCUT2D eigenvalue weighted by Gasteiger charge is 2.31. The molecule has 1 aromatic rings. The van der Waals surface area contributed by atoms with Gasteiger partial charge in [0.05, 0.1) is 0 Å². The van der Waals surface area contributed by atoms with Crippen LogP contribution in [-0.4, -0.2) is 18.7 Å². The van der Waals surface area contributed by atoms with Crippen molar-refractivity contribution in [3.8, 4) is 5.75 Å². The van der Waals surface area contributed by atoms with Gasteiger partial charge in [0.2, 0.25) is 0 Å². The predicted octanol–water partition coefficient (Wildman–Crippen LogP) is 3.90. The SMILES string of the molecule is CCNC1CCC(CC)CC1Oc1ccc(F)cc1F. The van der Waals surface area contributed by atoms with Crippen LogP contribution in [0.5, 0.6) is 5.75 Å². The third-order valence-corrected chi connectivity index (χ3v) is 4.12. The lowest BCUT2D eigenvalue weighted by Crippen LogP contribution is -2.47. The van der Waals surface area contributed by atoms with Gasteiger partial charge in [-0.15, -0.1) is 0 Å². The maximum Gasteiger partial charge on any atom is 0.167 e. The number of ether oxygens (including phenoxy) is 1. The van der Waals surface area contributed by atoms with E-state index < -0.39 is 11.6 Å². The minimum absolute atomic E-state index is 0.0476. The molecular weight excluding hydrogens is 260 g/mol. The van der Waals surface area contributed by atoms with Crippen molar-refractivity contribution in [3.05, 3.63) is 29.8 Å². The summed E-state index contributed by atoms with van der Waals surface area (Å²) < 4.78 is 32.5. The van der Waals surface area contributed by atoms with E-state index >= 15 is 0 Å². The number of benzene rings is 1. The molecular formula is C16H23F2NO. The quantitative estimate of drug-likeness (QED) is 0.885. The van der Waals surface area contributed by atoms with Crippen LogP contribution in [0.4, 0.5) is 8.78 Å². The third-order valence-electron chi connectivity index (χ3n) is 4.12.